The van der Waals surface area contributed by atoms with Gasteiger partial charge in [0.1, 0.15) is 0 Å². The Balaban J connectivity index is 2.32. The molecule has 2 aromatic rings. The Morgan fingerprint density at radius 1 is 1.31 bits per heavy atom. The summed E-state index contributed by atoms with van der Waals surface area (Å²) >= 11 is 3.15. The van der Waals surface area contributed by atoms with E-state index in [1.807, 2.05) is 30.3 Å². The van der Waals surface area contributed by atoms with Gasteiger partial charge >= 0.3 is 0 Å². The van der Waals surface area contributed by atoms with Crippen LogP contribution in [-0.2, 0) is 6.54 Å². The van der Waals surface area contributed by atoms with Gasteiger partial charge < -0.3 is 4.57 Å². The monoisotopic (exact) mass is 281 g/mol. The third-order valence-corrected chi connectivity index (χ3v) is 2.95. The first-order chi connectivity index (χ1) is 7.72. The summed E-state index contributed by atoms with van der Waals surface area (Å²) in [4.78, 5) is 10.6. The van der Waals surface area contributed by atoms with Crippen molar-refractivity contribution in [1.82, 2.24) is 4.57 Å². The standard InChI is InChI=1S/C12H9BrFNO/c13-11-7-15(12(14)10(11)8-16)6-9-4-2-1-3-5-9/h1-5,7-8H,6H2. The van der Waals surface area contributed by atoms with Crippen molar-refractivity contribution < 1.29 is 9.18 Å². The second-order valence-electron chi connectivity index (χ2n) is 3.41. The summed E-state index contributed by atoms with van der Waals surface area (Å²) in [6.45, 7) is 0.416. The lowest BCUT2D eigenvalue weighted by atomic mass is 10.2. The SMILES string of the molecule is O=Cc1c(Br)cn(Cc2ccccc2)c1F. The normalized spacial score (nSPS) is 10.4. The van der Waals surface area contributed by atoms with Gasteiger partial charge in [-0.25, -0.2) is 0 Å². The van der Waals surface area contributed by atoms with Crippen molar-refractivity contribution in [2.45, 2.75) is 6.54 Å². The highest BCUT2D eigenvalue weighted by Crippen LogP contribution is 2.21. The fourth-order valence-electron chi connectivity index (χ4n) is 1.52. The molecule has 0 amide bonds. The maximum atomic E-state index is 13.7. The molecule has 0 aliphatic heterocycles. The minimum atomic E-state index is -0.509. The van der Waals surface area contributed by atoms with Crippen molar-refractivity contribution >= 4 is 22.2 Å². The van der Waals surface area contributed by atoms with Crippen LogP contribution in [0.15, 0.2) is 41.0 Å². The van der Waals surface area contributed by atoms with Crippen molar-refractivity contribution in [2.75, 3.05) is 0 Å². The number of aromatic nitrogens is 1. The number of carbonyl (C=O) groups excluding carboxylic acids is 1. The molecule has 2 rings (SSSR count). The first kappa shape index (κ1) is 11.1. The van der Waals surface area contributed by atoms with Crippen molar-refractivity contribution in [3.63, 3.8) is 0 Å². The number of hydrogen-bond acceptors (Lipinski definition) is 1. The van der Waals surface area contributed by atoms with E-state index in [1.54, 1.807) is 6.20 Å². The Morgan fingerprint density at radius 2 is 2.00 bits per heavy atom. The average Bonchev–Trinajstić information content (AvgIpc) is 2.55. The molecule has 1 aromatic carbocycles. The molecular weight excluding hydrogens is 273 g/mol. The Kier molecular flexibility index (Phi) is 3.19. The molecule has 0 unspecified atom stereocenters. The molecule has 16 heavy (non-hydrogen) atoms. The van der Waals surface area contributed by atoms with Crippen LogP contribution in [0.25, 0.3) is 0 Å². The van der Waals surface area contributed by atoms with E-state index in [1.165, 1.54) is 4.57 Å². The topological polar surface area (TPSA) is 22.0 Å². The molecule has 0 aliphatic rings. The maximum absolute atomic E-state index is 13.7. The first-order valence-electron chi connectivity index (χ1n) is 4.75. The van der Waals surface area contributed by atoms with Crippen molar-refractivity contribution in [3.05, 3.63) is 58.1 Å². The number of carbonyl (C=O) groups is 1. The molecule has 0 saturated carbocycles. The fourth-order valence-corrected chi connectivity index (χ4v) is 2.02. The Morgan fingerprint density at radius 3 is 2.56 bits per heavy atom. The van der Waals surface area contributed by atoms with Crippen LogP contribution in [0.5, 0.6) is 0 Å². The zero-order valence-electron chi connectivity index (χ0n) is 8.36. The molecule has 0 N–H and O–H groups in total. The van der Waals surface area contributed by atoms with Crippen LogP contribution < -0.4 is 0 Å². The lowest BCUT2D eigenvalue weighted by molar-refractivity contribution is 0.111. The second kappa shape index (κ2) is 4.61. The summed E-state index contributed by atoms with van der Waals surface area (Å²) in [6.07, 6.45) is 2.09. The molecule has 0 aliphatic carbocycles. The number of nitrogens with zero attached hydrogens (tertiary/aromatic N) is 1. The van der Waals surface area contributed by atoms with Gasteiger partial charge in [-0.05, 0) is 21.5 Å². The number of rotatable bonds is 3. The molecule has 0 bridgehead atoms. The average molecular weight is 282 g/mol. The highest BCUT2D eigenvalue weighted by molar-refractivity contribution is 9.10. The van der Waals surface area contributed by atoms with Crippen LogP contribution in [0, 0.1) is 5.95 Å². The van der Waals surface area contributed by atoms with Crippen LogP contribution in [0.1, 0.15) is 15.9 Å². The van der Waals surface area contributed by atoms with Gasteiger partial charge in [-0.2, -0.15) is 4.39 Å². The molecule has 0 spiro atoms. The van der Waals surface area contributed by atoms with Gasteiger partial charge in [0, 0.05) is 17.2 Å². The van der Waals surface area contributed by atoms with E-state index in [0.29, 0.717) is 17.3 Å². The first-order valence-corrected chi connectivity index (χ1v) is 5.55. The molecule has 4 heteroatoms. The fraction of sp³-hybridized carbons (Fsp3) is 0.0833. The second-order valence-corrected chi connectivity index (χ2v) is 4.27. The summed E-state index contributed by atoms with van der Waals surface area (Å²) in [6, 6.07) is 9.52. The van der Waals surface area contributed by atoms with Gasteiger partial charge in [-0.15, -0.1) is 0 Å². The number of hydrogen-bond donors (Lipinski definition) is 0. The van der Waals surface area contributed by atoms with E-state index in [9.17, 15) is 9.18 Å². The van der Waals surface area contributed by atoms with E-state index in [-0.39, 0.29) is 5.56 Å². The number of benzene rings is 1. The summed E-state index contributed by atoms with van der Waals surface area (Å²) in [5.74, 6) is -0.509. The van der Waals surface area contributed by atoms with Gasteiger partial charge in [0.05, 0.1) is 5.56 Å². The molecule has 0 radical (unpaired) electrons. The third-order valence-electron chi connectivity index (χ3n) is 2.31. The van der Waals surface area contributed by atoms with Crippen molar-refractivity contribution in [3.8, 4) is 0 Å². The van der Waals surface area contributed by atoms with E-state index in [4.69, 9.17) is 0 Å². The molecule has 2 nitrogen and oxygen atoms in total. The lowest BCUT2D eigenvalue weighted by Crippen LogP contribution is -2.01. The van der Waals surface area contributed by atoms with Crippen LogP contribution in [-0.4, -0.2) is 10.9 Å². The van der Waals surface area contributed by atoms with Gasteiger partial charge in [0.25, 0.3) is 0 Å². The third kappa shape index (κ3) is 2.07. The van der Waals surface area contributed by atoms with E-state index in [2.05, 4.69) is 15.9 Å². The molecule has 1 heterocycles. The molecular formula is C12H9BrFNO. The Labute approximate surface area is 101 Å². The van der Waals surface area contributed by atoms with Crippen LogP contribution in [0.4, 0.5) is 4.39 Å². The van der Waals surface area contributed by atoms with Crippen molar-refractivity contribution in [2.24, 2.45) is 0 Å². The molecule has 0 fully saturated rings. The summed E-state index contributed by atoms with van der Waals surface area (Å²) in [7, 11) is 0. The maximum Gasteiger partial charge on any atom is 0.205 e. The number of halogens is 2. The van der Waals surface area contributed by atoms with Crippen LogP contribution >= 0.6 is 15.9 Å². The van der Waals surface area contributed by atoms with Gasteiger partial charge in [0.2, 0.25) is 5.95 Å². The van der Waals surface area contributed by atoms with Crippen LogP contribution in [0.2, 0.25) is 0 Å². The predicted octanol–water partition coefficient (Wildman–Crippen LogP) is 3.25. The van der Waals surface area contributed by atoms with E-state index >= 15 is 0 Å². The van der Waals surface area contributed by atoms with Crippen LogP contribution in [0.3, 0.4) is 0 Å². The Bertz CT molecular complexity index is 507. The highest BCUT2D eigenvalue weighted by Gasteiger charge is 2.13. The molecule has 0 saturated heterocycles. The van der Waals surface area contributed by atoms with E-state index < -0.39 is 5.95 Å². The van der Waals surface area contributed by atoms with Gasteiger partial charge in [-0.1, -0.05) is 30.3 Å². The molecule has 1 aromatic heterocycles. The Hall–Kier alpha value is -1.42. The van der Waals surface area contributed by atoms with E-state index in [0.717, 1.165) is 5.56 Å². The summed E-state index contributed by atoms with van der Waals surface area (Å²) < 4.78 is 15.6. The molecule has 82 valence electrons. The number of aldehydes is 1. The summed E-state index contributed by atoms with van der Waals surface area (Å²) in [5, 5.41) is 0. The lowest BCUT2D eigenvalue weighted by Gasteiger charge is -2.03. The zero-order chi connectivity index (χ0) is 11.5. The van der Waals surface area contributed by atoms with Gasteiger partial charge in [0.15, 0.2) is 6.29 Å². The minimum absolute atomic E-state index is 0.0657. The summed E-state index contributed by atoms with van der Waals surface area (Å²) in [5.41, 5.74) is 1.05. The zero-order valence-corrected chi connectivity index (χ0v) is 9.95. The predicted molar refractivity (Wildman–Crippen MR) is 63.0 cm³/mol. The molecule has 0 atom stereocenters. The van der Waals surface area contributed by atoms with Crippen molar-refractivity contribution in [1.29, 1.82) is 0 Å². The minimum Gasteiger partial charge on any atom is -0.319 e. The highest BCUT2D eigenvalue weighted by atomic mass is 79.9. The quantitative estimate of drug-likeness (QED) is 0.792. The van der Waals surface area contributed by atoms with Gasteiger partial charge in [-0.3, -0.25) is 4.79 Å². The smallest absolute Gasteiger partial charge is 0.205 e. The largest absolute Gasteiger partial charge is 0.319 e.